The van der Waals surface area contributed by atoms with E-state index in [0.717, 1.165) is 56.0 Å². The maximum atomic E-state index is 12.2. The van der Waals surface area contributed by atoms with Gasteiger partial charge in [-0.2, -0.15) is 5.26 Å². The Bertz CT molecular complexity index is 1830. The number of benzene rings is 2. The number of imidazole rings is 1. The van der Waals surface area contributed by atoms with E-state index in [1.54, 1.807) is 31.4 Å². The van der Waals surface area contributed by atoms with Gasteiger partial charge in [0.15, 0.2) is 0 Å². The normalized spacial score (nSPS) is 16.3. The minimum absolute atomic E-state index is 0.0507. The Morgan fingerprint density at radius 3 is 2.26 bits per heavy atom. The Labute approximate surface area is 315 Å². The average molecular weight is 744 g/mol. The van der Waals surface area contributed by atoms with Gasteiger partial charge in [0.2, 0.25) is 5.88 Å². The lowest BCUT2D eigenvalue weighted by atomic mass is 9.93. The fourth-order valence-corrected chi connectivity index (χ4v) is 6.48. The predicted octanol–water partition coefficient (Wildman–Crippen LogP) is 4.82. The highest BCUT2D eigenvalue weighted by atomic mass is 16.6. The molecule has 0 bridgehead atoms. The molecule has 54 heavy (non-hydrogen) atoms. The van der Waals surface area contributed by atoms with Gasteiger partial charge in [0.25, 0.3) is 0 Å². The van der Waals surface area contributed by atoms with Gasteiger partial charge in [-0.3, -0.25) is 4.90 Å². The van der Waals surface area contributed by atoms with Crippen molar-refractivity contribution in [3.05, 3.63) is 82.8 Å². The molecule has 0 amide bonds. The molecule has 14 heteroatoms. The molecule has 0 saturated carbocycles. The fourth-order valence-electron chi connectivity index (χ4n) is 6.48. The smallest absolute Gasteiger partial charge is 0.335 e. The van der Waals surface area contributed by atoms with Crippen LogP contribution in [0.5, 0.6) is 11.6 Å². The van der Waals surface area contributed by atoms with Crippen molar-refractivity contribution in [2.45, 2.75) is 51.0 Å². The van der Waals surface area contributed by atoms with Crippen LogP contribution >= 0.6 is 0 Å². The van der Waals surface area contributed by atoms with Gasteiger partial charge in [-0.15, -0.1) is 0 Å². The molecule has 4 heterocycles. The van der Waals surface area contributed by atoms with Crippen molar-refractivity contribution in [1.82, 2.24) is 19.4 Å². The van der Waals surface area contributed by atoms with Gasteiger partial charge in [-0.25, -0.2) is 14.8 Å². The summed E-state index contributed by atoms with van der Waals surface area (Å²) < 4.78 is 41.5. The fraction of sp³-hybridized carbons (Fsp3) is 0.500. The molecule has 288 valence electrons. The number of carbonyl (C=O) groups is 1. The summed E-state index contributed by atoms with van der Waals surface area (Å²) in [5.74, 6) is 1.12. The Kier molecular flexibility index (Phi) is 14.6. The van der Waals surface area contributed by atoms with Gasteiger partial charge < -0.3 is 42.8 Å². The lowest BCUT2D eigenvalue weighted by molar-refractivity contribution is -0.0592. The van der Waals surface area contributed by atoms with Crippen molar-refractivity contribution in [1.29, 1.82) is 5.26 Å². The standard InChI is InChI=1S/C40H49N5O9/c1-48-15-16-49-17-18-50-19-20-51-21-22-53-36-24-32(40(46)47)23-35-39(36)43-37(45(35)26-33-11-14-52-33)27-44-12-9-31(10-13-44)34-3-2-4-38(42-34)54-28-30-7-5-29(25-41)6-8-30/h2-8,23-24,31,33H,9-22,26-28H2,1H3,(H,46,47)/t33-/m0/s1. The topological polar surface area (TPSA) is 160 Å². The van der Waals surface area contributed by atoms with Crippen LogP contribution in [0, 0.1) is 11.3 Å². The van der Waals surface area contributed by atoms with Crippen molar-refractivity contribution >= 4 is 17.0 Å². The minimum Gasteiger partial charge on any atom is -0.489 e. The molecule has 2 aromatic carbocycles. The summed E-state index contributed by atoms with van der Waals surface area (Å²) in [6.45, 7) is 7.44. The Morgan fingerprint density at radius 2 is 1.61 bits per heavy atom. The molecule has 14 nitrogen and oxygen atoms in total. The number of hydrogen-bond donors (Lipinski definition) is 1. The van der Waals surface area contributed by atoms with Crippen molar-refractivity contribution in [2.75, 3.05) is 79.7 Å². The second kappa shape index (κ2) is 20.2. The summed E-state index contributed by atoms with van der Waals surface area (Å²) in [4.78, 5) is 24.5. The number of carboxylic acids is 1. The van der Waals surface area contributed by atoms with Crippen molar-refractivity contribution in [2.24, 2.45) is 0 Å². The van der Waals surface area contributed by atoms with Crippen LogP contribution in [0.2, 0.25) is 0 Å². The van der Waals surface area contributed by atoms with Crippen LogP contribution in [0.1, 0.15) is 58.2 Å². The van der Waals surface area contributed by atoms with Gasteiger partial charge in [-0.05, 0) is 68.2 Å². The summed E-state index contributed by atoms with van der Waals surface area (Å²) in [6.07, 6.45) is 2.86. The molecule has 0 radical (unpaired) electrons. The lowest BCUT2D eigenvalue weighted by Crippen LogP contribution is -2.35. The summed E-state index contributed by atoms with van der Waals surface area (Å²) >= 11 is 0. The summed E-state index contributed by atoms with van der Waals surface area (Å²) in [6, 6.07) is 18.6. The highest BCUT2D eigenvalue weighted by molar-refractivity contribution is 5.95. The average Bonchev–Trinajstić information content (AvgIpc) is 3.52. The quantitative estimate of drug-likeness (QED) is 0.109. The summed E-state index contributed by atoms with van der Waals surface area (Å²) in [5, 5.41) is 19.0. The number of hydrogen-bond acceptors (Lipinski definition) is 12. The number of ether oxygens (including phenoxy) is 7. The van der Waals surface area contributed by atoms with E-state index in [9.17, 15) is 9.90 Å². The van der Waals surface area contributed by atoms with E-state index >= 15 is 0 Å². The minimum atomic E-state index is -1.03. The molecular weight excluding hydrogens is 694 g/mol. The van der Waals surface area contributed by atoms with Crippen LogP contribution < -0.4 is 9.47 Å². The Hall–Kier alpha value is -4.62. The number of nitriles is 1. The number of piperidine rings is 1. The van der Waals surface area contributed by atoms with E-state index in [4.69, 9.17) is 48.4 Å². The third-order valence-electron chi connectivity index (χ3n) is 9.57. The first-order valence-corrected chi connectivity index (χ1v) is 18.5. The van der Waals surface area contributed by atoms with Crippen LogP contribution in [0.3, 0.4) is 0 Å². The molecule has 2 aromatic heterocycles. The van der Waals surface area contributed by atoms with E-state index in [0.29, 0.717) is 100 Å². The zero-order chi connectivity index (χ0) is 37.5. The first-order chi connectivity index (χ1) is 26.5. The molecule has 2 fully saturated rings. The Balaban J connectivity index is 1.05. The molecular formula is C40H49N5O9. The highest BCUT2D eigenvalue weighted by Gasteiger charge is 2.27. The first kappa shape index (κ1) is 39.1. The Morgan fingerprint density at radius 1 is 0.907 bits per heavy atom. The molecule has 0 unspecified atom stereocenters. The molecule has 6 rings (SSSR count). The third-order valence-corrected chi connectivity index (χ3v) is 9.57. The molecule has 4 aromatic rings. The van der Waals surface area contributed by atoms with E-state index < -0.39 is 5.97 Å². The van der Waals surface area contributed by atoms with Crippen molar-refractivity contribution in [3.63, 3.8) is 0 Å². The van der Waals surface area contributed by atoms with Gasteiger partial charge in [0.1, 0.15) is 30.3 Å². The number of likely N-dealkylation sites (tertiary alicyclic amines) is 1. The van der Waals surface area contributed by atoms with Crippen LogP contribution in [0.25, 0.3) is 11.0 Å². The maximum absolute atomic E-state index is 12.2. The molecule has 1 N–H and O–H groups in total. The number of aromatic carboxylic acids is 1. The number of fused-ring (bicyclic) bond motifs is 1. The SMILES string of the molecule is COCCOCCOCCOCCOc1cc(C(=O)O)cc2c1nc(CN1CCC(c3cccc(OCc4ccc(C#N)cc4)n3)CC1)n2C[C@@H]1CCO1. The summed E-state index contributed by atoms with van der Waals surface area (Å²) in [7, 11) is 1.63. The van der Waals surface area contributed by atoms with Crippen LogP contribution in [0.15, 0.2) is 54.6 Å². The first-order valence-electron chi connectivity index (χ1n) is 18.5. The largest absolute Gasteiger partial charge is 0.489 e. The zero-order valence-corrected chi connectivity index (χ0v) is 30.8. The number of methoxy groups -OCH3 is 1. The van der Waals surface area contributed by atoms with Crippen molar-refractivity contribution < 1.29 is 43.1 Å². The van der Waals surface area contributed by atoms with Gasteiger partial charge in [0.05, 0.1) is 88.2 Å². The second-order valence-electron chi connectivity index (χ2n) is 13.3. The van der Waals surface area contributed by atoms with E-state index in [1.165, 1.54) is 0 Å². The molecule has 1 atom stereocenters. The van der Waals surface area contributed by atoms with Crippen LogP contribution in [-0.2, 0) is 43.4 Å². The maximum Gasteiger partial charge on any atom is 0.335 e. The van der Waals surface area contributed by atoms with Crippen LogP contribution in [-0.4, -0.2) is 116 Å². The van der Waals surface area contributed by atoms with E-state index in [2.05, 4.69) is 21.6 Å². The van der Waals surface area contributed by atoms with Gasteiger partial charge >= 0.3 is 5.97 Å². The second-order valence-corrected chi connectivity index (χ2v) is 13.3. The number of rotatable bonds is 22. The number of aromatic nitrogens is 3. The lowest BCUT2D eigenvalue weighted by Gasteiger charge is -2.32. The number of pyridine rings is 1. The van der Waals surface area contributed by atoms with E-state index in [1.807, 2.05) is 24.3 Å². The third kappa shape index (κ3) is 11.0. The molecule has 2 aliphatic rings. The molecule has 0 aliphatic carbocycles. The predicted molar refractivity (Wildman–Crippen MR) is 198 cm³/mol. The van der Waals surface area contributed by atoms with Gasteiger partial charge in [-0.1, -0.05) is 18.2 Å². The number of nitrogens with zero attached hydrogens (tertiary/aromatic N) is 5. The zero-order valence-electron chi connectivity index (χ0n) is 30.8. The van der Waals surface area contributed by atoms with Gasteiger partial charge in [0, 0.05) is 31.4 Å². The number of carboxylic acid groups (broad SMARTS) is 1. The monoisotopic (exact) mass is 743 g/mol. The van der Waals surface area contributed by atoms with E-state index in [-0.39, 0.29) is 18.3 Å². The summed E-state index contributed by atoms with van der Waals surface area (Å²) in [5.41, 5.74) is 4.10. The van der Waals surface area contributed by atoms with Crippen LogP contribution in [0.4, 0.5) is 0 Å². The van der Waals surface area contributed by atoms with Crippen molar-refractivity contribution in [3.8, 4) is 17.7 Å². The molecule has 0 spiro atoms. The molecule has 2 aliphatic heterocycles. The molecule has 2 saturated heterocycles. The highest BCUT2D eigenvalue weighted by Crippen LogP contribution is 2.32.